The van der Waals surface area contributed by atoms with Gasteiger partial charge < -0.3 is 4.90 Å². The van der Waals surface area contributed by atoms with Gasteiger partial charge in [0.05, 0.1) is 6.42 Å². The van der Waals surface area contributed by atoms with Crippen LogP contribution in [0.2, 0.25) is 0 Å². The molecule has 0 aliphatic rings. The molecule has 98 valence electrons. The topological polar surface area (TPSA) is 3.24 Å². The van der Waals surface area contributed by atoms with E-state index >= 15 is 0 Å². The van der Waals surface area contributed by atoms with Crippen molar-refractivity contribution in [1.82, 2.24) is 4.90 Å². The molecule has 0 saturated heterocycles. The normalized spacial score (nSPS) is 13.5. The van der Waals surface area contributed by atoms with Crippen molar-refractivity contribution in [3.8, 4) is 0 Å². The molecule has 0 radical (unpaired) electrons. The van der Waals surface area contributed by atoms with E-state index in [1.165, 1.54) is 0 Å². The van der Waals surface area contributed by atoms with Crippen LogP contribution in [0.4, 0.5) is 13.2 Å². The molecule has 0 aliphatic carbocycles. The van der Waals surface area contributed by atoms with Crippen molar-refractivity contribution in [3.05, 3.63) is 0 Å². The molecule has 0 amide bonds. The molecule has 0 saturated carbocycles. The fraction of sp³-hybridized carbons (Fsp3) is 1.00. The molecule has 0 aromatic carbocycles. The van der Waals surface area contributed by atoms with E-state index in [0.29, 0.717) is 6.54 Å². The van der Waals surface area contributed by atoms with Gasteiger partial charge in [0, 0.05) is 18.4 Å². The summed E-state index contributed by atoms with van der Waals surface area (Å²) in [5.41, 5.74) is 0.0976. The zero-order valence-corrected chi connectivity index (χ0v) is 11.8. The largest absolute Gasteiger partial charge is 0.390 e. The fourth-order valence-corrected chi connectivity index (χ4v) is 2.64. The Morgan fingerprint density at radius 2 is 1.62 bits per heavy atom. The molecule has 0 spiro atoms. The third kappa shape index (κ3) is 6.09. The Bertz CT molecular complexity index is 182. The third-order valence-corrected chi connectivity index (χ3v) is 4.36. The lowest BCUT2D eigenvalue weighted by Crippen LogP contribution is -2.37. The van der Waals surface area contributed by atoms with Gasteiger partial charge in [0.15, 0.2) is 0 Å². The molecule has 16 heavy (non-hydrogen) atoms. The molecule has 0 rings (SSSR count). The minimum atomic E-state index is -4.05. The van der Waals surface area contributed by atoms with Crippen LogP contribution in [0.15, 0.2) is 0 Å². The van der Waals surface area contributed by atoms with Gasteiger partial charge in [-0.2, -0.15) is 13.2 Å². The van der Waals surface area contributed by atoms with Crippen LogP contribution in [-0.4, -0.2) is 36.5 Å². The van der Waals surface area contributed by atoms with E-state index in [1.807, 2.05) is 0 Å². The Labute approximate surface area is 105 Å². The predicted octanol–water partition coefficient (Wildman–Crippen LogP) is 4.07. The van der Waals surface area contributed by atoms with E-state index in [4.69, 9.17) is 0 Å². The van der Waals surface area contributed by atoms with Crippen LogP contribution >= 0.6 is 15.9 Å². The van der Waals surface area contributed by atoms with Crippen molar-refractivity contribution in [2.45, 2.75) is 39.3 Å². The summed E-state index contributed by atoms with van der Waals surface area (Å²) in [6, 6.07) is 0. The fourth-order valence-electron chi connectivity index (χ4n) is 1.67. The first-order chi connectivity index (χ1) is 7.28. The first-order valence-electron chi connectivity index (χ1n) is 5.60. The smallest absolute Gasteiger partial charge is 0.305 e. The van der Waals surface area contributed by atoms with Crippen molar-refractivity contribution in [2.75, 3.05) is 25.5 Å². The molecule has 0 aromatic rings. The Morgan fingerprint density at radius 3 is 1.94 bits per heavy atom. The summed E-state index contributed by atoms with van der Waals surface area (Å²) < 4.78 is 36.2. The molecule has 1 nitrogen and oxygen atoms in total. The monoisotopic (exact) mass is 303 g/mol. The standard InChI is InChI=1S/C11H21BrF3N/c1-4-10(5-2,8-12)9-16(3)7-6-11(13,14)15/h4-9H2,1-3H3. The van der Waals surface area contributed by atoms with Crippen molar-refractivity contribution in [2.24, 2.45) is 5.41 Å². The molecule has 0 fully saturated rings. The number of nitrogens with zero attached hydrogens (tertiary/aromatic N) is 1. The lowest BCUT2D eigenvalue weighted by Gasteiger charge is -2.34. The first kappa shape index (κ1) is 16.2. The van der Waals surface area contributed by atoms with E-state index in [-0.39, 0.29) is 12.0 Å². The second kappa shape index (κ2) is 6.84. The molecule has 0 atom stereocenters. The molecule has 0 aliphatic heterocycles. The van der Waals surface area contributed by atoms with Crippen molar-refractivity contribution in [3.63, 3.8) is 0 Å². The summed E-state index contributed by atoms with van der Waals surface area (Å²) in [5, 5.41) is 0.837. The van der Waals surface area contributed by atoms with Crippen LogP contribution in [0.5, 0.6) is 0 Å². The molecular formula is C11H21BrF3N. The van der Waals surface area contributed by atoms with Gasteiger partial charge >= 0.3 is 6.18 Å². The highest BCUT2D eigenvalue weighted by molar-refractivity contribution is 9.09. The maximum Gasteiger partial charge on any atom is 0.390 e. The van der Waals surface area contributed by atoms with E-state index in [9.17, 15) is 13.2 Å². The third-order valence-electron chi connectivity index (χ3n) is 3.17. The molecule has 0 bridgehead atoms. The van der Waals surface area contributed by atoms with Gasteiger partial charge in [-0.15, -0.1) is 0 Å². The van der Waals surface area contributed by atoms with E-state index < -0.39 is 12.6 Å². The number of hydrogen-bond acceptors (Lipinski definition) is 1. The summed E-state index contributed by atoms with van der Waals surface area (Å²) >= 11 is 3.46. The van der Waals surface area contributed by atoms with Crippen LogP contribution in [0.3, 0.4) is 0 Å². The minimum absolute atomic E-state index is 0.0816. The van der Waals surface area contributed by atoms with Crippen LogP contribution in [0.25, 0.3) is 0 Å². The second-order valence-corrected chi connectivity index (χ2v) is 5.00. The minimum Gasteiger partial charge on any atom is -0.305 e. The molecular weight excluding hydrogens is 283 g/mol. The summed E-state index contributed by atoms with van der Waals surface area (Å²) in [6.07, 6.45) is -2.82. The summed E-state index contributed by atoms with van der Waals surface area (Å²) in [5.74, 6) is 0. The van der Waals surface area contributed by atoms with Gasteiger partial charge in [-0.3, -0.25) is 0 Å². The van der Waals surface area contributed by atoms with Crippen molar-refractivity contribution >= 4 is 15.9 Å². The zero-order chi connectivity index (χ0) is 12.8. The van der Waals surface area contributed by atoms with Crippen LogP contribution < -0.4 is 0 Å². The van der Waals surface area contributed by atoms with Gasteiger partial charge in [-0.1, -0.05) is 29.8 Å². The SMILES string of the molecule is CCC(CC)(CBr)CN(C)CCC(F)(F)F. The van der Waals surface area contributed by atoms with Gasteiger partial charge in [0.1, 0.15) is 0 Å². The number of alkyl halides is 4. The maximum atomic E-state index is 12.1. The van der Waals surface area contributed by atoms with E-state index in [1.54, 1.807) is 11.9 Å². The Hall–Kier alpha value is 0.230. The van der Waals surface area contributed by atoms with E-state index in [2.05, 4.69) is 29.8 Å². The number of halogens is 4. The lowest BCUT2D eigenvalue weighted by atomic mass is 9.84. The average molecular weight is 304 g/mol. The summed E-state index contributed by atoms with van der Waals surface area (Å²) in [4.78, 5) is 1.78. The molecule has 0 unspecified atom stereocenters. The quantitative estimate of drug-likeness (QED) is 0.641. The van der Waals surface area contributed by atoms with Gasteiger partial charge in [-0.05, 0) is 25.3 Å². The first-order valence-corrected chi connectivity index (χ1v) is 6.72. The molecule has 0 N–H and O–H groups in total. The van der Waals surface area contributed by atoms with Crippen LogP contribution in [0, 0.1) is 5.41 Å². The van der Waals surface area contributed by atoms with Gasteiger partial charge in [-0.25, -0.2) is 0 Å². The van der Waals surface area contributed by atoms with Crippen molar-refractivity contribution < 1.29 is 13.2 Å². The Balaban J connectivity index is 4.15. The van der Waals surface area contributed by atoms with Gasteiger partial charge in [0.25, 0.3) is 0 Å². The lowest BCUT2D eigenvalue weighted by molar-refractivity contribution is -0.138. The summed E-state index contributed by atoms with van der Waals surface area (Å²) in [7, 11) is 1.76. The molecule has 0 heterocycles. The van der Waals surface area contributed by atoms with Crippen LogP contribution in [-0.2, 0) is 0 Å². The zero-order valence-electron chi connectivity index (χ0n) is 10.2. The van der Waals surface area contributed by atoms with Gasteiger partial charge in [0.2, 0.25) is 0 Å². The highest BCUT2D eigenvalue weighted by atomic mass is 79.9. The molecule has 0 aromatic heterocycles. The predicted molar refractivity (Wildman–Crippen MR) is 65.0 cm³/mol. The number of rotatable bonds is 7. The van der Waals surface area contributed by atoms with Crippen LogP contribution in [0.1, 0.15) is 33.1 Å². The highest BCUT2D eigenvalue weighted by Gasteiger charge is 2.30. The summed E-state index contributed by atoms with van der Waals surface area (Å²) in [6.45, 7) is 4.96. The second-order valence-electron chi connectivity index (χ2n) is 4.44. The Morgan fingerprint density at radius 1 is 1.12 bits per heavy atom. The highest BCUT2D eigenvalue weighted by Crippen LogP contribution is 2.30. The number of hydrogen-bond donors (Lipinski definition) is 0. The molecule has 5 heteroatoms. The van der Waals surface area contributed by atoms with E-state index in [0.717, 1.165) is 18.2 Å². The maximum absolute atomic E-state index is 12.1. The Kier molecular flexibility index (Phi) is 6.94. The average Bonchev–Trinajstić information content (AvgIpc) is 2.22. The van der Waals surface area contributed by atoms with Crippen molar-refractivity contribution in [1.29, 1.82) is 0 Å².